The molecule has 0 radical (unpaired) electrons. The van der Waals surface area contributed by atoms with Crippen molar-refractivity contribution in [3.05, 3.63) is 12.2 Å². The molecule has 0 bridgehead atoms. The Balaban J connectivity index is 1.48. The lowest BCUT2D eigenvalue weighted by atomic mass is 10.3. The van der Waals surface area contributed by atoms with Crippen LogP contribution < -0.4 is 5.32 Å². The molecule has 9 heteroatoms. The molecule has 25 heavy (non-hydrogen) atoms. The lowest BCUT2D eigenvalue weighted by Crippen LogP contribution is -2.36. The molecule has 2 aliphatic rings. The average molecular weight is 356 g/mol. The van der Waals surface area contributed by atoms with E-state index in [9.17, 15) is 14.4 Å². The summed E-state index contributed by atoms with van der Waals surface area (Å²) in [4.78, 5) is 36.1. The van der Waals surface area contributed by atoms with E-state index in [1.807, 2.05) is 0 Å². The second-order valence-corrected chi connectivity index (χ2v) is 5.73. The van der Waals surface area contributed by atoms with E-state index < -0.39 is 18.0 Å². The summed E-state index contributed by atoms with van der Waals surface area (Å²) in [6.45, 7) is 4.86. The molecule has 0 saturated carbocycles. The van der Waals surface area contributed by atoms with E-state index in [1.54, 1.807) is 0 Å². The number of alkyl carbamates (subject to hydrolysis) is 1. The summed E-state index contributed by atoms with van der Waals surface area (Å²) in [5.41, 5.74) is 0. The van der Waals surface area contributed by atoms with Crippen molar-refractivity contribution in [2.75, 3.05) is 52.7 Å². The summed E-state index contributed by atoms with van der Waals surface area (Å²) in [6.07, 6.45) is 3.22. The van der Waals surface area contributed by atoms with Crippen LogP contribution in [0.15, 0.2) is 12.2 Å². The number of hydrogen-bond donors (Lipinski definition) is 1. The van der Waals surface area contributed by atoms with Crippen molar-refractivity contribution in [1.82, 2.24) is 10.2 Å². The fourth-order valence-electron chi connectivity index (χ4n) is 2.37. The van der Waals surface area contributed by atoms with Crippen molar-refractivity contribution >= 4 is 18.0 Å². The van der Waals surface area contributed by atoms with Gasteiger partial charge in [0.15, 0.2) is 0 Å². The van der Waals surface area contributed by atoms with Crippen LogP contribution in [0.4, 0.5) is 4.79 Å². The largest absolute Gasteiger partial charge is 0.463 e. The van der Waals surface area contributed by atoms with Crippen LogP contribution in [-0.2, 0) is 28.5 Å². The number of amides is 1. The molecular formula is C16H24N2O7. The highest BCUT2D eigenvalue weighted by atomic mass is 16.6. The number of carbonyl (C=O) groups is 3. The van der Waals surface area contributed by atoms with E-state index in [4.69, 9.17) is 14.2 Å². The minimum absolute atomic E-state index is 0.00843. The van der Waals surface area contributed by atoms with E-state index in [0.717, 1.165) is 57.8 Å². The highest BCUT2D eigenvalue weighted by molar-refractivity contribution is 5.91. The maximum atomic E-state index is 11.5. The Labute approximate surface area is 146 Å². The third-order valence-electron chi connectivity index (χ3n) is 3.74. The normalized spacial score (nSPS) is 21.0. The van der Waals surface area contributed by atoms with Crippen molar-refractivity contribution in [1.29, 1.82) is 0 Å². The fraction of sp³-hybridized carbons (Fsp3) is 0.688. The van der Waals surface area contributed by atoms with Crippen LogP contribution in [0.5, 0.6) is 0 Å². The Bertz CT molecular complexity index is 489. The SMILES string of the molecule is O=C(/C=C/C(=O)OCC1COC(=O)N1)OCCCCN1CCOCC1. The molecular weight excluding hydrogens is 332 g/mol. The molecule has 1 atom stereocenters. The number of carbonyl (C=O) groups excluding carboxylic acids is 3. The van der Waals surface area contributed by atoms with Crippen LogP contribution in [0.3, 0.4) is 0 Å². The average Bonchev–Trinajstić information content (AvgIpc) is 3.04. The number of nitrogens with zero attached hydrogens (tertiary/aromatic N) is 1. The number of rotatable bonds is 9. The molecule has 0 aromatic carbocycles. The second kappa shape index (κ2) is 10.7. The van der Waals surface area contributed by atoms with E-state index in [2.05, 4.69) is 15.0 Å². The molecule has 1 N–H and O–H groups in total. The Kier molecular flexibility index (Phi) is 8.20. The number of cyclic esters (lactones) is 1. The summed E-state index contributed by atoms with van der Waals surface area (Å²) in [6, 6.07) is -0.358. The molecule has 1 unspecified atom stereocenters. The zero-order chi connectivity index (χ0) is 17.9. The fourth-order valence-corrected chi connectivity index (χ4v) is 2.37. The molecule has 0 aromatic rings. The van der Waals surface area contributed by atoms with Crippen molar-refractivity contribution in [3.63, 3.8) is 0 Å². The molecule has 9 nitrogen and oxygen atoms in total. The summed E-state index contributed by atoms with van der Waals surface area (Å²) in [5, 5.41) is 2.47. The molecule has 2 rings (SSSR count). The van der Waals surface area contributed by atoms with Gasteiger partial charge in [0.1, 0.15) is 19.3 Å². The summed E-state index contributed by atoms with van der Waals surface area (Å²) < 4.78 is 19.8. The summed E-state index contributed by atoms with van der Waals surface area (Å²) in [7, 11) is 0. The van der Waals surface area contributed by atoms with Crippen LogP contribution in [0, 0.1) is 0 Å². The van der Waals surface area contributed by atoms with Gasteiger partial charge in [-0.25, -0.2) is 14.4 Å². The maximum Gasteiger partial charge on any atom is 0.407 e. The highest BCUT2D eigenvalue weighted by Crippen LogP contribution is 2.01. The van der Waals surface area contributed by atoms with E-state index in [-0.39, 0.29) is 19.3 Å². The summed E-state index contributed by atoms with van der Waals surface area (Å²) in [5.74, 6) is -1.26. The topological polar surface area (TPSA) is 103 Å². The maximum absolute atomic E-state index is 11.5. The minimum atomic E-state index is -0.676. The molecule has 2 fully saturated rings. The number of hydrogen-bond acceptors (Lipinski definition) is 8. The van der Waals surface area contributed by atoms with Crippen LogP contribution in [0.2, 0.25) is 0 Å². The Hall–Kier alpha value is -2.13. The lowest BCUT2D eigenvalue weighted by Gasteiger charge is -2.26. The minimum Gasteiger partial charge on any atom is -0.463 e. The van der Waals surface area contributed by atoms with Gasteiger partial charge in [0.25, 0.3) is 0 Å². The number of unbranched alkanes of at least 4 members (excludes halogenated alkanes) is 1. The second-order valence-electron chi connectivity index (χ2n) is 5.73. The van der Waals surface area contributed by atoms with E-state index in [1.165, 1.54) is 0 Å². The van der Waals surface area contributed by atoms with Gasteiger partial charge < -0.3 is 24.3 Å². The third-order valence-corrected chi connectivity index (χ3v) is 3.74. The van der Waals surface area contributed by atoms with Gasteiger partial charge in [-0.1, -0.05) is 0 Å². The van der Waals surface area contributed by atoms with E-state index >= 15 is 0 Å². The Morgan fingerprint density at radius 2 is 1.88 bits per heavy atom. The van der Waals surface area contributed by atoms with Gasteiger partial charge >= 0.3 is 18.0 Å². The van der Waals surface area contributed by atoms with Gasteiger partial charge in [0, 0.05) is 25.2 Å². The Morgan fingerprint density at radius 3 is 2.56 bits per heavy atom. The third kappa shape index (κ3) is 7.99. The van der Waals surface area contributed by atoms with Crippen molar-refractivity contribution < 1.29 is 33.3 Å². The van der Waals surface area contributed by atoms with Crippen LogP contribution in [0.1, 0.15) is 12.8 Å². The van der Waals surface area contributed by atoms with Gasteiger partial charge in [-0.15, -0.1) is 0 Å². The molecule has 140 valence electrons. The van der Waals surface area contributed by atoms with Gasteiger partial charge in [-0.3, -0.25) is 4.90 Å². The van der Waals surface area contributed by atoms with Gasteiger partial charge in [-0.2, -0.15) is 0 Å². The highest BCUT2D eigenvalue weighted by Gasteiger charge is 2.23. The molecule has 0 spiro atoms. The first-order chi connectivity index (χ1) is 12.1. The zero-order valence-corrected chi connectivity index (χ0v) is 14.1. The molecule has 2 heterocycles. The molecule has 1 amide bonds. The van der Waals surface area contributed by atoms with Gasteiger partial charge in [-0.05, 0) is 19.4 Å². The molecule has 0 aliphatic carbocycles. The first-order valence-electron chi connectivity index (χ1n) is 8.38. The van der Waals surface area contributed by atoms with Crippen LogP contribution in [0.25, 0.3) is 0 Å². The van der Waals surface area contributed by atoms with Gasteiger partial charge in [0.05, 0.1) is 19.8 Å². The smallest absolute Gasteiger partial charge is 0.407 e. The van der Waals surface area contributed by atoms with E-state index in [0.29, 0.717) is 6.61 Å². The number of ether oxygens (including phenoxy) is 4. The monoisotopic (exact) mass is 356 g/mol. The van der Waals surface area contributed by atoms with Crippen molar-refractivity contribution in [2.24, 2.45) is 0 Å². The van der Waals surface area contributed by atoms with Crippen molar-refractivity contribution in [3.8, 4) is 0 Å². The first kappa shape index (κ1) is 19.2. The molecule has 0 aromatic heterocycles. The summed E-state index contributed by atoms with van der Waals surface area (Å²) >= 11 is 0. The standard InChI is InChI=1S/C16H24N2O7/c19-14(23-8-2-1-5-18-6-9-22-10-7-18)3-4-15(20)24-11-13-12-25-16(21)17-13/h3-4,13H,1-2,5-12H2,(H,17,21)/b4-3+. The predicted molar refractivity (Wildman–Crippen MR) is 85.8 cm³/mol. The van der Waals surface area contributed by atoms with Crippen molar-refractivity contribution in [2.45, 2.75) is 18.9 Å². The predicted octanol–water partition coefficient (Wildman–Crippen LogP) is -0.150. The number of morpholine rings is 1. The quantitative estimate of drug-likeness (QED) is 0.263. The van der Waals surface area contributed by atoms with Gasteiger partial charge in [0.2, 0.25) is 0 Å². The molecule has 2 saturated heterocycles. The zero-order valence-electron chi connectivity index (χ0n) is 14.1. The van der Waals surface area contributed by atoms with Crippen LogP contribution in [-0.4, -0.2) is 81.6 Å². The molecule has 2 aliphatic heterocycles. The number of esters is 2. The lowest BCUT2D eigenvalue weighted by molar-refractivity contribution is -0.140. The first-order valence-corrected chi connectivity index (χ1v) is 8.38. The van der Waals surface area contributed by atoms with Crippen LogP contribution >= 0.6 is 0 Å². The Morgan fingerprint density at radius 1 is 1.16 bits per heavy atom. The number of nitrogens with one attached hydrogen (secondary N) is 1.